The lowest BCUT2D eigenvalue weighted by atomic mass is 10.2. The molecule has 128 valence electrons. The topological polar surface area (TPSA) is 72.9 Å². The number of esters is 1. The first kappa shape index (κ1) is 18.5. The first-order valence-corrected chi connectivity index (χ1v) is 8.71. The predicted octanol–water partition coefficient (Wildman–Crippen LogP) is 3.45. The van der Waals surface area contributed by atoms with Crippen molar-refractivity contribution in [3.63, 3.8) is 0 Å². The molecule has 6 nitrogen and oxygen atoms in total. The van der Waals surface area contributed by atoms with Crippen LogP contribution in [0.1, 0.15) is 19.4 Å². The fraction of sp³-hybridized carbons (Fsp3) is 0.312. The Kier molecular flexibility index (Phi) is 6.06. The highest BCUT2D eigenvalue weighted by Gasteiger charge is 2.37. The van der Waals surface area contributed by atoms with Gasteiger partial charge in [0.1, 0.15) is 12.3 Å². The molecule has 1 aromatic carbocycles. The van der Waals surface area contributed by atoms with Crippen LogP contribution in [0.3, 0.4) is 0 Å². The summed E-state index contributed by atoms with van der Waals surface area (Å²) >= 11 is 4.14. The molecule has 0 atom stereocenters. The predicted molar refractivity (Wildman–Crippen MR) is 94.6 cm³/mol. The molecule has 0 aromatic heterocycles. The zero-order valence-electron chi connectivity index (χ0n) is 13.4. The van der Waals surface area contributed by atoms with Gasteiger partial charge in [0.25, 0.3) is 11.1 Å². The van der Waals surface area contributed by atoms with Crippen molar-refractivity contribution in [1.29, 1.82) is 0 Å². The summed E-state index contributed by atoms with van der Waals surface area (Å²) in [4.78, 5) is 37.2. The summed E-state index contributed by atoms with van der Waals surface area (Å²) < 4.78 is 11.0. The van der Waals surface area contributed by atoms with Crippen LogP contribution in [0, 0.1) is 0 Å². The quantitative estimate of drug-likeness (QED) is 0.543. The summed E-state index contributed by atoms with van der Waals surface area (Å²) in [6.07, 6.45) is 1.27. The fourth-order valence-electron chi connectivity index (χ4n) is 2.02. The maximum Gasteiger partial charge on any atom is 0.326 e. The third-order valence-electron chi connectivity index (χ3n) is 3.01. The maximum atomic E-state index is 12.4. The van der Waals surface area contributed by atoms with Gasteiger partial charge in [-0.05, 0) is 49.9 Å². The van der Waals surface area contributed by atoms with Crippen LogP contribution in [0.5, 0.6) is 5.75 Å². The van der Waals surface area contributed by atoms with Crippen LogP contribution in [0.2, 0.25) is 0 Å². The van der Waals surface area contributed by atoms with Crippen molar-refractivity contribution < 1.29 is 23.9 Å². The number of benzene rings is 1. The van der Waals surface area contributed by atoms with Crippen molar-refractivity contribution in [3.8, 4) is 5.75 Å². The van der Waals surface area contributed by atoms with Gasteiger partial charge < -0.3 is 9.47 Å². The molecule has 1 fully saturated rings. The lowest BCUT2D eigenvalue weighted by Crippen LogP contribution is -2.35. The van der Waals surface area contributed by atoms with Crippen molar-refractivity contribution in [2.24, 2.45) is 0 Å². The van der Waals surface area contributed by atoms with Crippen molar-refractivity contribution in [1.82, 2.24) is 4.90 Å². The Bertz CT molecular complexity index is 716. The number of carbonyl (C=O) groups excluding carboxylic acids is 3. The van der Waals surface area contributed by atoms with E-state index in [4.69, 9.17) is 9.47 Å². The zero-order valence-corrected chi connectivity index (χ0v) is 15.8. The number of nitrogens with zero attached hydrogens (tertiary/aromatic N) is 1. The Labute approximate surface area is 152 Å². The summed E-state index contributed by atoms with van der Waals surface area (Å²) in [6, 6.07) is 5.34. The SMILES string of the molecule is COc1ccc(Br)cc1/C=C1/SC(=O)N(CC(=O)OC(C)C)C1=O. The first-order valence-electron chi connectivity index (χ1n) is 7.10. The zero-order chi connectivity index (χ0) is 17.9. The van der Waals surface area contributed by atoms with E-state index in [-0.39, 0.29) is 11.0 Å². The second-order valence-electron chi connectivity index (χ2n) is 5.19. The lowest BCUT2D eigenvalue weighted by molar-refractivity contribution is -0.149. The standard InChI is InChI=1S/C16H16BrNO5S/c1-9(2)23-14(19)8-18-15(20)13(24-16(18)21)7-10-6-11(17)4-5-12(10)22-3/h4-7,9H,8H2,1-3H3/b13-7+. The number of thioether (sulfide) groups is 1. The van der Waals surface area contributed by atoms with E-state index >= 15 is 0 Å². The van der Waals surface area contributed by atoms with Crippen LogP contribution in [0.25, 0.3) is 6.08 Å². The molecule has 2 rings (SSSR count). The minimum atomic E-state index is -0.617. The van der Waals surface area contributed by atoms with Gasteiger partial charge in [-0.3, -0.25) is 19.3 Å². The summed E-state index contributed by atoms with van der Waals surface area (Å²) in [5.41, 5.74) is 0.655. The molecule has 1 aromatic rings. The van der Waals surface area contributed by atoms with Gasteiger partial charge in [0.05, 0.1) is 18.1 Å². The van der Waals surface area contributed by atoms with E-state index in [1.165, 1.54) is 7.11 Å². The van der Waals surface area contributed by atoms with Gasteiger partial charge in [0.15, 0.2) is 0 Å². The molecule has 0 aliphatic carbocycles. The van der Waals surface area contributed by atoms with Gasteiger partial charge in [0.2, 0.25) is 0 Å². The van der Waals surface area contributed by atoms with E-state index in [0.717, 1.165) is 21.1 Å². The van der Waals surface area contributed by atoms with Gasteiger partial charge in [-0.2, -0.15) is 0 Å². The Morgan fingerprint density at radius 2 is 2.08 bits per heavy atom. The molecular weight excluding hydrogens is 398 g/mol. The van der Waals surface area contributed by atoms with Gasteiger partial charge in [-0.25, -0.2) is 0 Å². The number of hydrogen-bond donors (Lipinski definition) is 0. The minimum Gasteiger partial charge on any atom is -0.496 e. The molecule has 24 heavy (non-hydrogen) atoms. The molecule has 1 heterocycles. The van der Waals surface area contributed by atoms with Gasteiger partial charge in [-0.1, -0.05) is 15.9 Å². The van der Waals surface area contributed by atoms with Gasteiger partial charge >= 0.3 is 5.97 Å². The monoisotopic (exact) mass is 413 g/mol. The molecule has 1 saturated heterocycles. The number of amides is 2. The molecule has 0 N–H and O–H groups in total. The van der Waals surface area contributed by atoms with Crippen LogP contribution in [-0.4, -0.2) is 41.8 Å². The van der Waals surface area contributed by atoms with Crippen molar-refractivity contribution in [2.75, 3.05) is 13.7 Å². The Morgan fingerprint density at radius 1 is 1.38 bits per heavy atom. The Hall–Kier alpha value is -1.80. The molecule has 1 aliphatic rings. The molecule has 0 unspecified atom stereocenters. The third-order valence-corrected chi connectivity index (χ3v) is 4.41. The number of halogens is 1. The first-order chi connectivity index (χ1) is 11.3. The molecule has 2 amide bonds. The second-order valence-corrected chi connectivity index (χ2v) is 7.10. The third kappa shape index (κ3) is 4.39. The molecule has 8 heteroatoms. The highest BCUT2D eigenvalue weighted by atomic mass is 79.9. The number of carbonyl (C=O) groups is 3. The van der Waals surface area contributed by atoms with Crippen LogP contribution in [-0.2, 0) is 14.3 Å². The highest BCUT2D eigenvalue weighted by Crippen LogP contribution is 2.34. The number of methoxy groups -OCH3 is 1. The van der Waals surface area contributed by atoms with Crippen molar-refractivity contribution in [2.45, 2.75) is 20.0 Å². The van der Waals surface area contributed by atoms with E-state index < -0.39 is 23.7 Å². The molecular formula is C16H16BrNO5S. The van der Waals surface area contributed by atoms with Crippen LogP contribution < -0.4 is 4.74 Å². The van der Waals surface area contributed by atoms with Crippen LogP contribution in [0.15, 0.2) is 27.6 Å². The Morgan fingerprint density at radius 3 is 2.71 bits per heavy atom. The molecule has 0 bridgehead atoms. The normalized spacial score (nSPS) is 16.2. The van der Waals surface area contributed by atoms with Crippen LogP contribution >= 0.6 is 27.7 Å². The second kappa shape index (κ2) is 7.85. The highest BCUT2D eigenvalue weighted by molar-refractivity contribution is 9.10. The van der Waals surface area contributed by atoms with E-state index in [1.54, 1.807) is 32.1 Å². The maximum absolute atomic E-state index is 12.4. The van der Waals surface area contributed by atoms with E-state index in [9.17, 15) is 14.4 Å². The summed E-state index contributed by atoms with van der Waals surface area (Å²) in [7, 11) is 1.52. The summed E-state index contributed by atoms with van der Waals surface area (Å²) in [5, 5.41) is -0.499. The Balaban J connectivity index is 2.22. The van der Waals surface area contributed by atoms with Gasteiger partial charge in [-0.15, -0.1) is 0 Å². The molecule has 1 aliphatic heterocycles. The minimum absolute atomic E-state index is 0.230. The lowest BCUT2D eigenvalue weighted by Gasteiger charge is -2.13. The largest absolute Gasteiger partial charge is 0.496 e. The summed E-state index contributed by atoms with van der Waals surface area (Å²) in [5.74, 6) is -0.564. The molecule has 0 radical (unpaired) electrons. The fourth-order valence-corrected chi connectivity index (χ4v) is 3.23. The number of rotatable bonds is 5. The summed E-state index contributed by atoms with van der Waals surface area (Å²) in [6.45, 7) is 3.01. The van der Waals surface area contributed by atoms with Crippen molar-refractivity contribution in [3.05, 3.63) is 33.1 Å². The van der Waals surface area contributed by atoms with E-state index in [1.807, 2.05) is 6.07 Å². The van der Waals surface area contributed by atoms with Crippen molar-refractivity contribution >= 4 is 50.9 Å². The molecule has 0 spiro atoms. The smallest absolute Gasteiger partial charge is 0.326 e. The van der Waals surface area contributed by atoms with Crippen LogP contribution in [0.4, 0.5) is 4.79 Å². The van der Waals surface area contributed by atoms with Gasteiger partial charge in [0, 0.05) is 10.0 Å². The average Bonchev–Trinajstić information content (AvgIpc) is 2.74. The van der Waals surface area contributed by atoms with E-state index in [2.05, 4.69) is 15.9 Å². The average molecular weight is 414 g/mol. The number of hydrogen-bond acceptors (Lipinski definition) is 6. The number of ether oxygens (including phenoxy) is 2. The van der Waals surface area contributed by atoms with E-state index in [0.29, 0.717) is 11.3 Å². The number of imide groups is 1. The molecule has 0 saturated carbocycles.